The maximum Gasteiger partial charge on any atom is 0.246 e. The van der Waals surface area contributed by atoms with Gasteiger partial charge in [0, 0.05) is 16.9 Å². The molecule has 3 rings (SSSR count). The number of carbonyl (C=O) groups is 1. The fourth-order valence-electron chi connectivity index (χ4n) is 2.90. The minimum Gasteiger partial charge on any atom is -0.374 e. The molecule has 0 spiro atoms. The molecule has 0 aliphatic rings. The van der Waals surface area contributed by atoms with Crippen LogP contribution in [-0.2, 0) is 11.2 Å². The number of hydrogen-bond acceptors (Lipinski definition) is 2. The lowest BCUT2D eigenvalue weighted by atomic mass is 10.0. The molecule has 0 aromatic heterocycles. The minimum absolute atomic E-state index is 0.0599. The average Bonchev–Trinajstić information content (AvgIpc) is 2.69. The van der Waals surface area contributed by atoms with Crippen LogP contribution >= 0.6 is 0 Å². The van der Waals surface area contributed by atoms with Crippen LogP contribution in [0.25, 0.3) is 11.1 Å². The highest BCUT2D eigenvalue weighted by molar-refractivity contribution is 5.99. The molecule has 0 heterocycles. The van der Waals surface area contributed by atoms with Gasteiger partial charge in [0.2, 0.25) is 5.91 Å². The van der Waals surface area contributed by atoms with Crippen molar-refractivity contribution in [2.45, 2.75) is 26.3 Å². The van der Waals surface area contributed by atoms with Crippen molar-refractivity contribution >= 4 is 17.3 Å². The second-order valence-corrected chi connectivity index (χ2v) is 6.32. The van der Waals surface area contributed by atoms with Crippen molar-refractivity contribution in [1.82, 2.24) is 0 Å². The van der Waals surface area contributed by atoms with Gasteiger partial charge in [0.25, 0.3) is 0 Å². The van der Waals surface area contributed by atoms with E-state index in [-0.39, 0.29) is 11.9 Å². The van der Waals surface area contributed by atoms with Crippen LogP contribution in [0.1, 0.15) is 19.4 Å². The number of anilines is 2. The normalized spacial score (nSPS) is 11.6. The van der Waals surface area contributed by atoms with Crippen molar-refractivity contribution < 1.29 is 4.79 Å². The molecular weight excluding hydrogens is 320 g/mol. The highest BCUT2D eigenvalue weighted by Gasteiger charge is 2.15. The highest BCUT2D eigenvalue weighted by atomic mass is 16.2. The average molecular weight is 344 g/mol. The monoisotopic (exact) mass is 344 g/mol. The molecule has 0 aliphatic carbocycles. The number of nitrogens with one attached hydrogen (secondary N) is 2. The van der Waals surface area contributed by atoms with Crippen LogP contribution in [0.5, 0.6) is 0 Å². The fourth-order valence-corrected chi connectivity index (χ4v) is 2.90. The summed E-state index contributed by atoms with van der Waals surface area (Å²) in [4.78, 5) is 12.7. The molecule has 0 radical (unpaired) electrons. The van der Waals surface area contributed by atoms with E-state index in [1.807, 2.05) is 73.7 Å². The van der Waals surface area contributed by atoms with Crippen LogP contribution in [0.3, 0.4) is 0 Å². The fraction of sp³-hybridized carbons (Fsp3) is 0.174. The molecule has 0 aliphatic heterocycles. The predicted molar refractivity (Wildman–Crippen MR) is 109 cm³/mol. The Labute approximate surface area is 155 Å². The summed E-state index contributed by atoms with van der Waals surface area (Å²) in [5.74, 6) is -0.0599. The number of amides is 1. The summed E-state index contributed by atoms with van der Waals surface area (Å²) in [6, 6.07) is 25.8. The van der Waals surface area contributed by atoms with Gasteiger partial charge in [-0.2, -0.15) is 0 Å². The van der Waals surface area contributed by atoms with Crippen molar-refractivity contribution in [1.29, 1.82) is 0 Å². The SMILES string of the molecule is CCc1cccc(N[C@@H](C)C(=O)Nc2ccccc2-c2ccccc2)c1. The highest BCUT2D eigenvalue weighted by Crippen LogP contribution is 2.27. The summed E-state index contributed by atoms with van der Waals surface area (Å²) in [6.07, 6.45) is 0.973. The van der Waals surface area contributed by atoms with E-state index in [1.54, 1.807) is 0 Å². The van der Waals surface area contributed by atoms with Gasteiger partial charge in [-0.3, -0.25) is 4.79 Å². The summed E-state index contributed by atoms with van der Waals surface area (Å²) in [5.41, 5.74) is 5.13. The van der Waals surface area contributed by atoms with E-state index in [4.69, 9.17) is 0 Å². The number of aryl methyl sites for hydroxylation is 1. The first kappa shape index (κ1) is 17.7. The molecule has 26 heavy (non-hydrogen) atoms. The first-order valence-corrected chi connectivity index (χ1v) is 8.98. The molecule has 0 bridgehead atoms. The quantitative estimate of drug-likeness (QED) is 0.632. The Kier molecular flexibility index (Phi) is 5.69. The molecule has 0 fully saturated rings. The lowest BCUT2D eigenvalue weighted by molar-refractivity contribution is -0.116. The van der Waals surface area contributed by atoms with Gasteiger partial charge in [-0.1, -0.05) is 67.6 Å². The molecule has 3 aromatic carbocycles. The summed E-state index contributed by atoms with van der Waals surface area (Å²) in [6.45, 7) is 3.99. The van der Waals surface area contributed by atoms with E-state index in [2.05, 4.69) is 29.7 Å². The molecule has 0 unspecified atom stereocenters. The Bertz CT molecular complexity index is 874. The van der Waals surface area contributed by atoms with E-state index < -0.39 is 0 Å². The van der Waals surface area contributed by atoms with Gasteiger partial charge in [-0.25, -0.2) is 0 Å². The molecule has 3 aromatic rings. The number of rotatable bonds is 6. The third kappa shape index (κ3) is 4.31. The van der Waals surface area contributed by atoms with Gasteiger partial charge in [0.15, 0.2) is 0 Å². The van der Waals surface area contributed by atoms with Crippen LogP contribution in [-0.4, -0.2) is 11.9 Å². The van der Waals surface area contributed by atoms with Gasteiger partial charge in [0.05, 0.1) is 0 Å². The zero-order chi connectivity index (χ0) is 18.4. The Morgan fingerprint density at radius 1 is 0.923 bits per heavy atom. The molecule has 2 N–H and O–H groups in total. The predicted octanol–water partition coefficient (Wildman–Crippen LogP) is 5.36. The topological polar surface area (TPSA) is 41.1 Å². The van der Waals surface area contributed by atoms with Gasteiger partial charge in [0.1, 0.15) is 6.04 Å². The van der Waals surface area contributed by atoms with Crippen molar-refractivity contribution in [3.63, 3.8) is 0 Å². The Hall–Kier alpha value is -3.07. The zero-order valence-electron chi connectivity index (χ0n) is 15.2. The Morgan fingerprint density at radius 3 is 2.42 bits per heavy atom. The van der Waals surface area contributed by atoms with E-state index >= 15 is 0 Å². The molecule has 3 nitrogen and oxygen atoms in total. The van der Waals surface area contributed by atoms with Crippen LogP contribution in [0.2, 0.25) is 0 Å². The Balaban J connectivity index is 1.74. The lowest BCUT2D eigenvalue weighted by Crippen LogP contribution is -2.32. The van der Waals surface area contributed by atoms with Gasteiger partial charge < -0.3 is 10.6 Å². The summed E-state index contributed by atoms with van der Waals surface area (Å²) in [7, 11) is 0. The standard InChI is InChI=1S/C23H24N2O/c1-3-18-10-9-13-20(16-18)24-17(2)23(26)25-22-15-8-7-14-21(22)19-11-5-4-6-12-19/h4-17,24H,3H2,1-2H3,(H,25,26)/t17-/m0/s1. The molecule has 0 saturated carbocycles. The van der Waals surface area contributed by atoms with Crippen LogP contribution in [0.4, 0.5) is 11.4 Å². The second-order valence-electron chi connectivity index (χ2n) is 6.32. The van der Waals surface area contributed by atoms with Crippen LogP contribution in [0.15, 0.2) is 78.9 Å². The zero-order valence-corrected chi connectivity index (χ0v) is 15.2. The van der Waals surface area contributed by atoms with Gasteiger partial charge in [-0.15, -0.1) is 0 Å². The van der Waals surface area contributed by atoms with E-state index in [9.17, 15) is 4.79 Å². The molecule has 3 heteroatoms. The van der Waals surface area contributed by atoms with E-state index in [0.29, 0.717) is 0 Å². The van der Waals surface area contributed by atoms with Gasteiger partial charge >= 0.3 is 0 Å². The molecule has 1 atom stereocenters. The summed E-state index contributed by atoms with van der Waals surface area (Å²) >= 11 is 0. The van der Waals surface area contributed by atoms with E-state index in [0.717, 1.165) is 28.9 Å². The first-order chi connectivity index (χ1) is 12.7. The van der Waals surface area contributed by atoms with Crippen molar-refractivity contribution in [2.24, 2.45) is 0 Å². The lowest BCUT2D eigenvalue weighted by Gasteiger charge is -2.17. The molecule has 132 valence electrons. The third-order valence-electron chi connectivity index (χ3n) is 4.38. The number of carbonyl (C=O) groups excluding carboxylic acids is 1. The number of hydrogen-bond donors (Lipinski definition) is 2. The largest absolute Gasteiger partial charge is 0.374 e. The number of benzene rings is 3. The van der Waals surface area contributed by atoms with Crippen molar-refractivity contribution in [3.8, 4) is 11.1 Å². The number of para-hydroxylation sites is 1. The van der Waals surface area contributed by atoms with Crippen molar-refractivity contribution in [2.75, 3.05) is 10.6 Å². The van der Waals surface area contributed by atoms with E-state index in [1.165, 1.54) is 5.56 Å². The minimum atomic E-state index is -0.342. The van der Waals surface area contributed by atoms with Gasteiger partial charge in [-0.05, 0) is 42.7 Å². The first-order valence-electron chi connectivity index (χ1n) is 8.98. The maximum absolute atomic E-state index is 12.7. The smallest absolute Gasteiger partial charge is 0.246 e. The second kappa shape index (κ2) is 8.34. The third-order valence-corrected chi connectivity index (χ3v) is 4.38. The molecule has 0 saturated heterocycles. The van der Waals surface area contributed by atoms with Crippen molar-refractivity contribution in [3.05, 3.63) is 84.4 Å². The van der Waals surface area contributed by atoms with Crippen LogP contribution in [0, 0.1) is 0 Å². The summed E-state index contributed by atoms with van der Waals surface area (Å²) in [5, 5.41) is 6.34. The Morgan fingerprint density at radius 2 is 1.65 bits per heavy atom. The summed E-state index contributed by atoms with van der Waals surface area (Å²) < 4.78 is 0. The molecule has 1 amide bonds. The maximum atomic E-state index is 12.7. The molecular formula is C23H24N2O. The van der Waals surface area contributed by atoms with Crippen LogP contribution < -0.4 is 10.6 Å².